The van der Waals surface area contributed by atoms with Crippen molar-refractivity contribution in [2.24, 2.45) is 10.7 Å². The molecule has 1 atom stereocenters. The maximum atomic E-state index is 6.41. The lowest BCUT2D eigenvalue weighted by atomic mass is 10.3. The number of rotatable bonds is 3. The Morgan fingerprint density at radius 2 is 2.50 bits per heavy atom. The third-order valence-corrected chi connectivity index (χ3v) is 0.815. The van der Waals surface area contributed by atoms with E-state index in [2.05, 4.69) is 4.99 Å². The molecule has 0 aromatic rings. The van der Waals surface area contributed by atoms with Gasteiger partial charge >= 0.3 is 0 Å². The molecule has 0 spiro atoms. The predicted molar refractivity (Wildman–Crippen MR) is 33.0 cm³/mol. The SMILES string of the molecule is CCCC(N)N=C=N. The van der Waals surface area contributed by atoms with Crippen LogP contribution >= 0.6 is 0 Å². The molecule has 0 saturated heterocycles. The van der Waals surface area contributed by atoms with Gasteiger partial charge in [0.25, 0.3) is 0 Å². The number of hydrogen-bond acceptors (Lipinski definition) is 3. The molecule has 0 aliphatic heterocycles. The Bertz CT molecular complexity index is 93.8. The zero-order chi connectivity index (χ0) is 6.41. The molecule has 0 aliphatic rings. The first-order chi connectivity index (χ1) is 3.81. The summed E-state index contributed by atoms with van der Waals surface area (Å²) in [5.74, 6) is 0. The second-order valence-electron chi connectivity index (χ2n) is 1.60. The maximum absolute atomic E-state index is 6.41. The van der Waals surface area contributed by atoms with Crippen molar-refractivity contribution in [3.05, 3.63) is 0 Å². The highest BCUT2D eigenvalue weighted by Gasteiger charge is 1.92. The lowest BCUT2D eigenvalue weighted by molar-refractivity contribution is 0.632. The van der Waals surface area contributed by atoms with Crippen LogP contribution in [0.5, 0.6) is 0 Å². The van der Waals surface area contributed by atoms with E-state index in [9.17, 15) is 0 Å². The lowest BCUT2D eigenvalue weighted by Gasteiger charge is -1.97. The minimum atomic E-state index is -0.211. The van der Waals surface area contributed by atoms with Crippen LogP contribution in [-0.4, -0.2) is 12.2 Å². The van der Waals surface area contributed by atoms with E-state index in [0.717, 1.165) is 12.8 Å². The summed E-state index contributed by atoms with van der Waals surface area (Å²) in [5.41, 5.74) is 5.35. The fourth-order valence-corrected chi connectivity index (χ4v) is 0.443. The number of aliphatic imine (C=N–C) groups is 1. The molecule has 8 heavy (non-hydrogen) atoms. The van der Waals surface area contributed by atoms with Crippen LogP contribution in [0.2, 0.25) is 0 Å². The Kier molecular flexibility index (Phi) is 4.13. The van der Waals surface area contributed by atoms with E-state index in [-0.39, 0.29) is 6.17 Å². The molecule has 0 fully saturated rings. The van der Waals surface area contributed by atoms with E-state index in [1.165, 1.54) is 0 Å². The summed E-state index contributed by atoms with van der Waals surface area (Å²) in [6.45, 7) is 2.03. The first-order valence-corrected chi connectivity index (χ1v) is 2.68. The van der Waals surface area contributed by atoms with E-state index in [0.29, 0.717) is 0 Å². The summed E-state index contributed by atoms with van der Waals surface area (Å²) in [4.78, 5) is 3.51. The van der Waals surface area contributed by atoms with Gasteiger partial charge in [-0.1, -0.05) is 13.3 Å². The highest BCUT2D eigenvalue weighted by molar-refractivity contribution is 5.36. The second kappa shape index (κ2) is 4.50. The van der Waals surface area contributed by atoms with Gasteiger partial charge < -0.3 is 5.73 Å². The smallest absolute Gasteiger partial charge is 0.108 e. The van der Waals surface area contributed by atoms with Gasteiger partial charge in [-0.25, -0.2) is 10.4 Å². The maximum Gasteiger partial charge on any atom is 0.108 e. The fraction of sp³-hybridized carbons (Fsp3) is 0.800. The van der Waals surface area contributed by atoms with Crippen molar-refractivity contribution in [2.75, 3.05) is 0 Å². The fourth-order valence-electron chi connectivity index (χ4n) is 0.443. The molecule has 0 rings (SSSR count). The summed E-state index contributed by atoms with van der Waals surface area (Å²) in [6, 6.07) is 1.90. The molecule has 46 valence electrons. The van der Waals surface area contributed by atoms with Crippen LogP contribution in [0.15, 0.2) is 4.99 Å². The topological polar surface area (TPSA) is 62.2 Å². The standard InChI is InChI=1S/C5H11N3/c1-2-3-5(7)8-4-6/h5-6H,2-3,7H2,1H3. The molecule has 0 aromatic heterocycles. The van der Waals surface area contributed by atoms with Gasteiger partial charge in [-0.15, -0.1) is 0 Å². The lowest BCUT2D eigenvalue weighted by Crippen LogP contribution is -2.15. The van der Waals surface area contributed by atoms with Crippen LogP contribution in [0.25, 0.3) is 0 Å². The van der Waals surface area contributed by atoms with Gasteiger partial charge in [-0.3, -0.25) is 0 Å². The third-order valence-electron chi connectivity index (χ3n) is 0.815. The predicted octanol–water partition coefficient (Wildman–Crippen LogP) is 0.824. The van der Waals surface area contributed by atoms with Crippen LogP contribution in [0.4, 0.5) is 0 Å². The molecule has 0 saturated carbocycles. The average Bonchev–Trinajstić information content (AvgIpc) is 1.68. The Labute approximate surface area is 49.1 Å². The van der Waals surface area contributed by atoms with Crippen molar-refractivity contribution in [3.8, 4) is 0 Å². The van der Waals surface area contributed by atoms with E-state index in [1.807, 2.05) is 12.9 Å². The van der Waals surface area contributed by atoms with Gasteiger partial charge in [0.1, 0.15) is 6.17 Å². The van der Waals surface area contributed by atoms with Crippen molar-refractivity contribution in [3.63, 3.8) is 0 Å². The normalized spacial score (nSPS) is 12.2. The van der Waals surface area contributed by atoms with E-state index < -0.39 is 0 Å². The van der Waals surface area contributed by atoms with Gasteiger partial charge in [0.2, 0.25) is 0 Å². The van der Waals surface area contributed by atoms with E-state index in [4.69, 9.17) is 11.1 Å². The molecule has 0 amide bonds. The van der Waals surface area contributed by atoms with Crippen LogP contribution in [0, 0.1) is 5.41 Å². The van der Waals surface area contributed by atoms with E-state index >= 15 is 0 Å². The van der Waals surface area contributed by atoms with Crippen LogP contribution < -0.4 is 5.73 Å². The van der Waals surface area contributed by atoms with Gasteiger partial charge in [-0.05, 0) is 6.42 Å². The van der Waals surface area contributed by atoms with Crippen molar-refractivity contribution < 1.29 is 0 Å². The zero-order valence-corrected chi connectivity index (χ0v) is 5.02. The third kappa shape index (κ3) is 3.53. The number of hydrogen-bond donors (Lipinski definition) is 2. The van der Waals surface area contributed by atoms with Gasteiger partial charge in [0.15, 0.2) is 0 Å². The Morgan fingerprint density at radius 1 is 1.88 bits per heavy atom. The van der Waals surface area contributed by atoms with Crippen molar-refractivity contribution in [2.45, 2.75) is 25.9 Å². The number of nitrogens with one attached hydrogen (secondary N) is 1. The van der Waals surface area contributed by atoms with Gasteiger partial charge in [0.05, 0.1) is 6.01 Å². The number of nitrogens with two attached hydrogens (primary N) is 1. The van der Waals surface area contributed by atoms with Crippen molar-refractivity contribution >= 4 is 6.01 Å². The Balaban J connectivity index is 3.31. The molecule has 3 N–H and O–H groups in total. The quantitative estimate of drug-likeness (QED) is 0.523. The molecule has 1 unspecified atom stereocenters. The highest BCUT2D eigenvalue weighted by Crippen LogP contribution is 1.91. The van der Waals surface area contributed by atoms with Gasteiger partial charge in [0, 0.05) is 0 Å². The molecule has 0 heterocycles. The van der Waals surface area contributed by atoms with Crippen LogP contribution in [0.3, 0.4) is 0 Å². The molecule has 0 radical (unpaired) electrons. The molecule has 0 aliphatic carbocycles. The summed E-state index contributed by atoms with van der Waals surface area (Å²) >= 11 is 0. The Morgan fingerprint density at radius 3 is 2.88 bits per heavy atom. The minimum absolute atomic E-state index is 0.211. The zero-order valence-electron chi connectivity index (χ0n) is 5.02. The summed E-state index contributed by atoms with van der Waals surface area (Å²) in [7, 11) is 0. The van der Waals surface area contributed by atoms with Crippen LogP contribution in [0.1, 0.15) is 19.8 Å². The average molecular weight is 113 g/mol. The van der Waals surface area contributed by atoms with Crippen LogP contribution in [-0.2, 0) is 0 Å². The number of nitrogens with zero attached hydrogens (tertiary/aromatic N) is 1. The largest absolute Gasteiger partial charge is 0.309 e. The monoisotopic (exact) mass is 113 g/mol. The molecular formula is C5H11N3. The minimum Gasteiger partial charge on any atom is -0.309 e. The molecule has 3 nitrogen and oxygen atoms in total. The molecule has 3 heteroatoms. The van der Waals surface area contributed by atoms with Crippen molar-refractivity contribution in [1.29, 1.82) is 5.41 Å². The molecular weight excluding hydrogens is 102 g/mol. The summed E-state index contributed by atoms with van der Waals surface area (Å²) in [6.07, 6.45) is 1.63. The Hall–Kier alpha value is -0.660. The molecule has 0 bridgehead atoms. The second-order valence-corrected chi connectivity index (χ2v) is 1.60. The summed E-state index contributed by atoms with van der Waals surface area (Å²) in [5, 5.41) is 6.41. The van der Waals surface area contributed by atoms with Crippen molar-refractivity contribution in [1.82, 2.24) is 0 Å². The van der Waals surface area contributed by atoms with Gasteiger partial charge in [-0.2, -0.15) is 0 Å². The summed E-state index contributed by atoms with van der Waals surface area (Å²) < 4.78 is 0. The first kappa shape index (κ1) is 7.34. The van der Waals surface area contributed by atoms with E-state index in [1.54, 1.807) is 0 Å². The molecule has 0 aromatic carbocycles. The first-order valence-electron chi connectivity index (χ1n) is 2.68. The highest BCUT2D eigenvalue weighted by atomic mass is 14.9.